The summed E-state index contributed by atoms with van der Waals surface area (Å²) in [5.74, 6) is -0.408. The van der Waals surface area contributed by atoms with Crippen molar-refractivity contribution >= 4 is 73.9 Å². The number of nitrogens with zero attached hydrogens (tertiary/aromatic N) is 4. The van der Waals surface area contributed by atoms with Crippen molar-refractivity contribution in [2.24, 2.45) is 0 Å². The van der Waals surface area contributed by atoms with Gasteiger partial charge in [-0.2, -0.15) is 4.98 Å². The first-order valence-corrected chi connectivity index (χ1v) is 23.2. The summed E-state index contributed by atoms with van der Waals surface area (Å²) in [6, 6.07) is 14.5. The number of carbonyl (C=O) groups is 4. The molecule has 4 heterocycles. The van der Waals surface area contributed by atoms with E-state index in [2.05, 4.69) is 49.1 Å². The van der Waals surface area contributed by atoms with Gasteiger partial charge in [0, 0.05) is 12.8 Å². The van der Waals surface area contributed by atoms with Gasteiger partial charge in [0.25, 0.3) is 11.8 Å². The first-order valence-electron chi connectivity index (χ1n) is 21.2. The second-order valence-corrected chi connectivity index (χ2v) is 19.6. The number of aliphatic hydroxyl groups excluding tert-OH is 1. The van der Waals surface area contributed by atoms with Gasteiger partial charge in [-0.3, -0.25) is 24.1 Å². The summed E-state index contributed by atoms with van der Waals surface area (Å²) < 4.78 is 32.5. The first-order chi connectivity index (χ1) is 30.0. The van der Waals surface area contributed by atoms with Gasteiger partial charge in [0.15, 0.2) is 15.7 Å². The maximum absolute atomic E-state index is 13.5. The monoisotopic (exact) mass is 900 g/mol. The summed E-state index contributed by atoms with van der Waals surface area (Å²) in [6.45, 7) is 11.6. The Morgan fingerprint density at radius 2 is 1.70 bits per heavy atom. The van der Waals surface area contributed by atoms with Gasteiger partial charge in [-0.05, 0) is 133 Å². The SMILES string of the molecule is Cc1cc(Nc2ncc(Cl)c(Nc3ccccc3S(=O)(=O)C(C)C)n2)c(OC(C)C)cc1C1CCN(CCCC(=O)Nc2cccc3c2C(=O)N(C2CCC(=O)NC2O)C3=O)CC1. The number of benzene rings is 3. The Kier molecular flexibility index (Phi) is 13.7. The van der Waals surface area contributed by atoms with Crippen molar-refractivity contribution in [3.05, 3.63) is 88.1 Å². The summed E-state index contributed by atoms with van der Waals surface area (Å²) in [7, 11) is -3.59. The van der Waals surface area contributed by atoms with E-state index in [9.17, 15) is 32.7 Å². The predicted octanol–water partition coefficient (Wildman–Crippen LogP) is 6.69. The molecule has 4 amide bonds. The number of ether oxygens (including phenoxy) is 1. The molecule has 3 aromatic carbocycles. The van der Waals surface area contributed by atoms with E-state index in [0.29, 0.717) is 30.1 Å². The summed E-state index contributed by atoms with van der Waals surface area (Å²) in [4.78, 5) is 64.0. The third kappa shape index (κ3) is 9.96. The van der Waals surface area contributed by atoms with E-state index in [4.69, 9.17) is 16.3 Å². The number of fused-ring (bicyclic) bond motifs is 1. The van der Waals surface area contributed by atoms with Gasteiger partial charge in [0.1, 0.15) is 17.0 Å². The van der Waals surface area contributed by atoms with Crippen LogP contribution in [0.5, 0.6) is 5.75 Å². The quantitative estimate of drug-likeness (QED) is 0.0789. The molecule has 0 spiro atoms. The fraction of sp³-hybridized carbons (Fsp3) is 0.422. The van der Waals surface area contributed by atoms with E-state index < -0.39 is 39.2 Å². The van der Waals surface area contributed by atoms with Crippen molar-refractivity contribution in [2.45, 2.75) is 108 Å². The molecule has 2 atom stereocenters. The Morgan fingerprint density at radius 3 is 2.41 bits per heavy atom. The molecule has 63 heavy (non-hydrogen) atoms. The van der Waals surface area contributed by atoms with Crippen molar-refractivity contribution in [1.29, 1.82) is 0 Å². The highest BCUT2D eigenvalue weighted by molar-refractivity contribution is 7.92. The number of sulfone groups is 1. The minimum atomic E-state index is -3.59. The molecule has 0 bridgehead atoms. The van der Waals surface area contributed by atoms with E-state index in [-0.39, 0.29) is 81.6 Å². The third-order valence-electron chi connectivity index (χ3n) is 11.6. The Hall–Kier alpha value is -5.62. The van der Waals surface area contributed by atoms with Gasteiger partial charge in [-0.15, -0.1) is 0 Å². The van der Waals surface area contributed by atoms with Crippen molar-refractivity contribution in [1.82, 2.24) is 25.1 Å². The van der Waals surface area contributed by atoms with Crippen LogP contribution in [0.2, 0.25) is 5.02 Å². The van der Waals surface area contributed by atoms with Gasteiger partial charge in [0.05, 0.1) is 56.7 Å². The minimum absolute atomic E-state index is 0.0770. The zero-order chi connectivity index (χ0) is 45.2. The Balaban J connectivity index is 0.951. The third-order valence-corrected chi connectivity index (χ3v) is 14.1. The van der Waals surface area contributed by atoms with Gasteiger partial charge in [-0.25, -0.2) is 13.4 Å². The Morgan fingerprint density at radius 1 is 0.968 bits per heavy atom. The van der Waals surface area contributed by atoms with Gasteiger partial charge < -0.3 is 36.0 Å². The molecular weight excluding hydrogens is 848 g/mol. The molecule has 0 aliphatic carbocycles. The van der Waals surface area contributed by atoms with Crippen LogP contribution in [0.4, 0.5) is 28.8 Å². The standard InChI is InChI=1S/C45H53ClN8O8S/c1-25(2)62-36-23-30(27(5)22-34(36)50-45-47-24-31(46)41(52-45)49-32-11-6-7-13-37(32)63(60,61)26(3)4)28-17-20-53(21-18-28)19-9-14-38(55)48-33-12-8-10-29-40(33)44(59)54(43(29)58)35-15-16-39(56)51-42(35)57/h6-8,10-13,22-26,28,35,42,57H,9,14-21H2,1-5H3,(H,48,55)(H,51,56)(H2,47,49,50,52). The number of carbonyl (C=O) groups excluding carboxylic acids is 4. The number of imide groups is 1. The number of para-hydroxylation sites is 1. The van der Waals surface area contributed by atoms with E-state index >= 15 is 0 Å². The molecule has 5 N–H and O–H groups in total. The van der Waals surface area contributed by atoms with Crippen LogP contribution in [0.3, 0.4) is 0 Å². The zero-order valence-electron chi connectivity index (χ0n) is 35.9. The molecule has 334 valence electrons. The number of aryl methyl sites for hydroxylation is 1. The molecule has 2 fully saturated rings. The zero-order valence-corrected chi connectivity index (χ0v) is 37.5. The number of rotatable bonds is 15. The van der Waals surface area contributed by atoms with Crippen LogP contribution in [0.15, 0.2) is 65.7 Å². The number of aliphatic hydroxyl groups is 1. The molecule has 3 aliphatic rings. The number of hydrogen-bond acceptors (Lipinski definition) is 13. The fourth-order valence-electron chi connectivity index (χ4n) is 8.32. The first kappa shape index (κ1) is 45.4. The van der Waals surface area contributed by atoms with Crippen LogP contribution in [0.1, 0.15) is 104 Å². The van der Waals surface area contributed by atoms with E-state index in [1.54, 1.807) is 50.2 Å². The minimum Gasteiger partial charge on any atom is -0.489 e. The van der Waals surface area contributed by atoms with Crippen LogP contribution >= 0.6 is 11.6 Å². The number of anilines is 5. The molecule has 2 saturated heterocycles. The lowest BCUT2D eigenvalue weighted by molar-refractivity contribution is -0.129. The number of likely N-dealkylation sites (tertiary alicyclic amines) is 1. The molecule has 0 saturated carbocycles. The lowest BCUT2D eigenvalue weighted by Crippen LogP contribution is -2.57. The number of aromatic nitrogens is 2. The molecule has 16 nitrogen and oxygen atoms in total. The van der Waals surface area contributed by atoms with Crippen LogP contribution in [-0.2, 0) is 19.4 Å². The largest absolute Gasteiger partial charge is 0.489 e. The molecule has 7 rings (SSSR count). The average Bonchev–Trinajstić information content (AvgIpc) is 3.49. The van der Waals surface area contributed by atoms with Crippen molar-refractivity contribution in [3.63, 3.8) is 0 Å². The van der Waals surface area contributed by atoms with Gasteiger partial charge in [-0.1, -0.05) is 29.8 Å². The van der Waals surface area contributed by atoms with Crippen LogP contribution in [-0.4, -0.2) is 100 Å². The van der Waals surface area contributed by atoms with Crippen molar-refractivity contribution in [3.8, 4) is 5.75 Å². The summed E-state index contributed by atoms with van der Waals surface area (Å²) >= 11 is 6.50. The fourth-order valence-corrected chi connectivity index (χ4v) is 9.66. The number of halogens is 1. The number of amides is 4. The Labute approximate surface area is 372 Å². The summed E-state index contributed by atoms with van der Waals surface area (Å²) in [5, 5.41) is 21.6. The van der Waals surface area contributed by atoms with E-state index in [1.807, 2.05) is 19.9 Å². The lowest BCUT2D eigenvalue weighted by atomic mass is 9.86. The van der Waals surface area contributed by atoms with Crippen LogP contribution in [0.25, 0.3) is 0 Å². The van der Waals surface area contributed by atoms with E-state index in [1.165, 1.54) is 17.8 Å². The smallest absolute Gasteiger partial charge is 0.264 e. The highest BCUT2D eigenvalue weighted by atomic mass is 35.5. The predicted molar refractivity (Wildman–Crippen MR) is 240 cm³/mol. The van der Waals surface area contributed by atoms with E-state index in [0.717, 1.165) is 36.4 Å². The molecule has 2 unspecified atom stereocenters. The molecule has 3 aliphatic heterocycles. The molecular formula is C45H53ClN8O8S. The van der Waals surface area contributed by atoms with Crippen LogP contribution in [0, 0.1) is 6.92 Å². The molecule has 1 aromatic heterocycles. The van der Waals surface area contributed by atoms with Gasteiger partial charge in [0.2, 0.25) is 17.8 Å². The number of piperidine rings is 2. The van der Waals surface area contributed by atoms with Crippen molar-refractivity contribution in [2.75, 3.05) is 35.6 Å². The molecule has 4 aromatic rings. The maximum Gasteiger partial charge on any atom is 0.264 e. The van der Waals surface area contributed by atoms with Crippen LogP contribution < -0.4 is 26.0 Å². The molecule has 0 radical (unpaired) electrons. The topological polar surface area (TPSA) is 212 Å². The Bertz CT molecular complexity index is 2530. The normalized spacial score (nSPS) is 18.4. The number of nitrogens with one attached hydrogen (secondary N) is 4. The second-order valence-electron chi connectivity index (χ2n) is 16.7. The molecule has 18 heteroatoms. The lowest BCUT2D eigenvalue weighted by Gasteiger charge is -2.33. The average molecular weight is 901 g/mol. The number of hydrogen-bond donors (Lipinski definition) is 5. The summed E-state index contributed by atoms with van der Waals surface area (Å²) in [5.41, 5.74) is 3.75. The van der Waals surface area contributed by atoms with Gasteiger partial charge >= 0.3 is 0 Å². The van der Waals surface area contributed by atoms with Crippen molar-refractivity contribution < 1.29 is 37.4 Å². The highest BCUT2D eigenvalue weighted by Gasteiger charge is 2.45. The highest BCUT2D eigenvalue weighted by Crippen LogP contribution is 2.39. The summed E-state index contributed by atoms with van der Waals surface area (Å²) in [6.07, 6.45) is 2.81. The maximum atomic E-state index is 13.5. The second kappa shape index (κ2) is 19.0.